The standard InChI is InChI=1S/C14H9N4S/c1-2-6-17-11(3-1)16-12-13(17)18-8-9-4-5-15-7-10(9)14(18)19-12/h1-7H,8H2/q+1. The molecule has 4 nitrogen and oxygen atoms in total. The smallest absolute Gasteiger partial charge is 0.264 e. The van der Waals surface area contributed by atoms with Crippen LogP contribution in [0, 0.1) is 0 Å². The minimum absolute atomic E-state index is 0.913. The van der Waals surface area contributed by atoms with Gasteiger partial charge in [-0.1, -0.05) is 17.4 Å². The molecule has 90 valence electrons. The Hall–Kier alpha value is -2.27. The summed E-state index contributed by atoms with van der Waals surface area (Å²) in [7, 11) is 0. The molecule has 5 heterocycles. The van der Waals surface area contributed by atoms with E-state index in [0.717, 1.165) is 17.0 Å². The number of imidazole rings is 1. The van der Waals surface area contributed by atoms with E-state index in [9.17, 15) is 0 Å². The average Bonchev–Trinajstić information content (AvgIpc) is 3.05. The molecule has 0 fully saturated rings. The second-order valence-electron chi connectivity index (χ2n) is 4.70. The second-order valence-corrected chi connectivity index (χ2v) is 5.67. The third-order valence-electron chi connectivity index (χ3n) is 3.64. The molecular weight excluding hydrogens is 256 g/mol. The van der Waals surface area contributed by atoms with Gasteiger partial charge in [-0.15, -0.1) is 0 Å². The van der Waals surface area contributed by atoms with Gasteiger partial charge in [0.25, 0.3) is 0 Å². The third kappa shape index (κ3) is 1.11. The predicted molar refractivity (Wildman–Crippen MR) is 73.1 cm³/mol. The quantitative estimate of drug-likeness (QED) is 0.402. The van der Waals surface area contributed by atoms with Crippen LogP contribution >= 0.6 is 11.3 Å². The number of fused-ring (bicyclic) bond motifs is 7. The summed E-state index contributed by atoms with van der Waals surface area (Å²) in [6.07, 6.45) is 5.89. The molecule has 0 saturated carbocycles. The highest BCUT2D eigenvalue weighted by Crippen LogP contribution is 2.34. The van der Waals surface area contributed by atoms with Crippen molar-refractivity contribution in [1.29, 1.82) is 0 Å². The van der Waals surface area contributed by atoms with E-state index < -0.39 is 0 Å². The van der Waals surface area contributed by atoms with Crippen molar-refractivity contribution < 1.29 is 4.57 Å². The van der Waals surface area contributed by atoms with Crippen LogP contribution in [0.5, 0.6) is 0 Å². The van der Waals surface area contributed by atoms with E-state index in [0.29, 0.717) is 0 Å². The molecule has 0 spiro atoms. The first kappa shape index (κ1) is 9.63. The third-order valence-corrected chi connectivity index (χ3v) is 4.74. The Kier molecular flexibility index (Phi) is 1.62. The lowest BCUT2D eigenvalue weighted by molar-refractivity contribution is -0.644. The SMILES string of the molecule is c1ccn2c(c1)nc1sc3[n+](c12)Cc1ccncc1-3. The molecule has 0 amide bonds. The molecule has 0 unspecified atom stereocenters. The molecule has 1 aliphatic heterocycles. The molecule has 5 heteroatoms. The normalized spacial score (nSPS) is 13.1. The van der Waals surface area contributed by atoms with Crippen LogP contribution in [0.2, 0.25) is 0 Å². The predicted octanol–water partition coefficient (Wildman–Crippen LogP) is 2.26. The second kappa shape index (κ2) is 3.19. The first-order valence-electron chi connectivity index (χ1n) is 6.14. The van der Waals surface area contributed by atoms with E-state index in [-0.39, 0.29) is 0 Å². The summed E-state index contributed by atoms with van der Waals surface area (Å²) >= 11 is 1.75. The maximum atomic E-state index is 4.69. The summed E-state index contributed by atoms with van der Waals surface area (Å²) in [6, 6.07) is 8.21. The van der Waals surface area contributed by atoms with Gasteiger partial charge in [-0.25, -0.2) is 4.57 Å². The van der Waals surface area contributed by atoms with Gasteiger partial charge in [-0.2, -0.15) is 9.38 Å². The molecule has 0 bridgehead atoms. The van der Waals surface area contributed by atoms with Crippen molar-refractivity contribution in [2.24, 2.45) is 0 Å². The van der Waals surface area contributed by atoms with E-state index in [1.165, 1.54) is 21.8 Å². The lowest BCUT2D eigenvalue weighted by Crippen LogP contribution is -2.31. The number of hydrogen-bond donors (Lipinski definition) is 0. The molecule has 0 aliphatic carbocycles. The maximum Gasteiger partial charge on any atom is 0.326 e. The van der Waals surface area contributed by atoms with Gasteiger partial charge in [0.15, 0.2) is 5.01 Å². The Morgan fingerprint density at radius 2 is 2.26 bits per heavy atom. The summed E-state index contributed by atoms with van der Waals surface area (Å²) in [5, 5.41) is 1.26. The Morgan fingerprint density at radius 1 is 1.26 bits per heavy atom. The number of aromatic nitrogens is 4. The van der Waals surface area contributed by atoms with Crippen molar-refractivity contribution in [3.8, 4) is 10.6 Å². The van der Waals surface area contributed by atoms with Crippen molar-refractivity contribution in [3.05, 3.63) is 48.4 Å². The monoisotopic (exact) mass is 265 g/mol. The van der Waals surface area contributed by atoms with E-state index in [1.54, 1.807) is 11.3 Å². The number of hydrogen-bond acceptors (Lipinski definition) is 3. The Balaban J connectivity index is 1.94. The Labute approximate surface area is 112 Å². The lowest BCUT2D eigenvalue weighted by atomic mass is 10.2. The van der Waals surface area contributed by atoms with Crippen molar-refractivity contribution in [3.63, 3.8) is 0 Å². The van der Waals surface area contributed by atoms with Crippen LogP contribution in [-0.2, 0) is 6.54 Å². The van der Waals surface area contributed by atoms with E-state index in [4.69, 9.17) is 4.98 Å². The van der Waals surface area contributed by atoms with Crippen LogP contribution in [0.4, 0.5) is 0 Å². The van der Waals surface area contributed by atoms with Crippen molar-refractivity contribution in [2.75, 3.05) is 0 Å². The van der Waals surface area contributed by atoms with Crippen LogP contribution in [-0.4, -0.2) is 14.4 Å². The van der Waals surface area contributed by atoms with E-state index >= 15 is 0 Å². The molecule has 4 aromatic heterocycles. The van der Waals surface area contributed by atoms with Gasteiger partial charge >= 0.3 is 5.65 Å². The fourth-order valence-electron chi connectivity index (χ4n) is 2.79. The molecule has 0 saturated heterocycles. The molecule has 0 aromatic carbocycles. The zero-order valence-electron chi connectivity index (χ0n) is 9.95. The van der Waals surface area contributed by atoms with Gasteiger partial charge in [-0.3, -0.25) is 4.98 Å². The number of rotatable bonds is 0. The Bertz CT molecular complexity index is 951. The molecule has 0 atom stereocenters. The molecule has 4 aromatic rings. The minimum atomic E-state index is 0.913. The van der Waals surface area contributed by atoms with E-state index in [1.807, 2.05) is 30.6 Å². The molecule has 0 N–H and O–H groups in total. The first-order valence-corrected chi connectivity index (χ1v) is 6.96. The van der Waals surface area contributed by atoms with Gasteiger partial charge in [0.2, 0.25) is 10.5 Å². The van der Waals surface area contributed by atoms with Gasteiger partial charge in [0.05, 0.1) is 11.8 Å². The van der Waals surface area contributed by atoms with Crippen molar-refractivity contribution in [2.45, 2.75) is 6.54 Å². The highest BCUT2D eigenvalue weighted by Gasteiger charge is 2.31. The van der Waals surface area contributed by atoms with Crippen molar-refractivity contribution >= 4 is 27.5 Å². The van der Waals surface area contributed by atoms with Gasteiger partial charge < -0.3 is 0 Å². The van der Waals surface area contributed by atoms with Gasteiger partial charge in [-0.05, 0) is 12.1 Å². The summed E-state index contributed by atoms with van der Waals surface area (Å²) < 4.78 is 4.50. The largest absolute Gasteiger partial charge is 0.326 e. The summed E-state index contributed by atoms with van der Waals surface area (Å²) in [5.41, 5.74) is 4.78. The number of pyridine rings is 2. The zero-order valence-corrected chi connectivity index (χ0v) is 10.8. The molecular formula is C14H9N4S+. The van der Waals surface area contributed by atoms with Crippen LogP contribution in [0.15, 0.2) is 42.9 Å². The van der Waals surface area contributed by atoms with Crippen LogP contribution in [0.1, 0.15) is 5.56 Å². The van der Waals surface area contributed by atoms with Crippen molar-refractivity contribution in [1.82, 2.24) is 14.4 Å². The average molecular weight is 265 g/mol. The van der Waals surface area contributed by atoms with E-state index in [2.05, 4.69) is 26.2 Å². The molecule has 1 aliphatic rings. The zero-order chi connectivity index (χ0) is 12.4. The topological polar surface area (TPSA) is 34.1 Å². The number of thiazole rings is 1. The fraction of sp³-hybridized carbons (Fsp3) is 0.0714. The maximum absolute atomic E-state index is 4.69. The van der Waals surface area contributed by atoms with Gasteiger partial charge in [0.1, 0.15) is 6.54 Å². The van der Waals surface area contributed by atoms with Crippen LogP contribution in [0.3, 0.4) is 0 Å². The minimum Gasteiger partial charge on any atom is -0.264 e. The summed E-state index contributed by atoms with van der Waals surface area (Å²) in [5.74, 6) is 0. The molecule has 0 radical (unpaired) electrons. The molecule has 19 heavy (non-hydrogen) atoms. The van der Waals surface area contributed by atoms with Gasteiger partial charge in [0, 0.05) is 24.0 Å². The summed E-state index contributed by atoms with van der Waals surface area (Å²) in [6.45, 7) is 0.913. The number of nitrogens with zero attached hydrogens (tertiary/aromatic N) is 4. The fourth-order valence-corrected chi connectivity index (χ4v) is 3.97. The molecule has 5 rings (SSSR count). The Morgan fingerprint density at radius 3 is 3.26 bits per heavy atom. The lowest BCUT2D eigenvalue weighted by Gasteiger charge is -1.91. The van der Waals surface area contributed by atoms with Crippen LogP contribution < -0.4 is 4.57 Å². The van der Waals surface area contributed by atoms with Crippen LogP contribution in [0.25, 0.3) is 26.7 Å². The summed E-state index contributed by atoms with van der Waals surface area (Å²) in [4.78, 5) is 10.0. The first-order chi connectivity index (χ1) is 9.42. The highest BCUT2D eigenvalue weighted by atomic mass is 32.1. The highest BCUT2D eigenvalue weighted by molar-refractivity contribution is 7.20.